The number of hydrogen-bond acceptors (Lipinski definition) is 8. The van der Waals surface area contributed by atoms with Crippen LogP contribution in [0.1, 0.15) is 45.9 Å². The number of pyridine rings is 1. The molecule has 36 heavy (non-hydrogen) atoms. The van der Waals surface area contributed by atoms with Crippen LogP contribution in [0, 0.1) is 80.3 Å². The third-order valence-electron chi connectivity index (χ3n) is 3.39. The first-order valence-electron chi connectivity index (χ1n) is 9.89. The molecule has 0 unspecified atom stereocenters. The van der Waals surface area contributed by atoms with E-state index in [1.165, 1.54) is 5.56 Å². The fourth-order valence-corrected chi connectivity index (χ4v) is 2.16. The number of hydrogen-bond donors (Lipinski definition) is 0. The molecule has 0 N–H and O–H groups in total. The molecule has 0 atom stereocenters. The van der Waals surface area contributed by atoms with Crippen molar-refractivity contribution in [2.75, 3.05) is 0 Å². The van der Waals surface area contributed by atoms with E-state index in [9.17, 15) is 0 Å². The zero-order chi connectivity index (χ0) is 23.9. The Bertz CT molecular complexity index is 858. The monoisotopic (exact) mass is 784 g/mol. The van der Waals surface area contributed by atoms with Gasteiger partial charge in [0.25, 0.3) is 0 Å². The van der Waals surface area contributed by atoms with Crippen molar-refractivity contribution in [3.05, 3.63) is 95.1 Å². The van der Waals surface area contributed by atoms with Crippen LogP contribution in [0.25, 0.3) is 0 Å². The maximum atomic E-state index is 4.03. The van der Waals surface area contributed by atoms with Crippen LogP contribution in [0.4, 0.5) is 0 Å². The van der Waals surface area contributed by atoms with Crippen LogP contribution in [0.3, 0.4) is 0 Å². The van der Waals surface area contributed by atoms with E-state index in [0.717, 1.165) is 40.4 Å². The Morgan fingerprint density at radius 2 is 0.833 bits per heavy atom. The van der Waals surface area contributed by atoms with Gasteiger partial charge in [-0.2, -0.15) is 11.6 Å². The minimum atomic E-state index is 0. The fourth-order valence-electron chi connectivity index (χ4n) is 2.16. The van der Waals surface area contributed by atoms with Gasteiger partial charge >= 0.3 is 0 Å². The van der Waals surface area contributed by atoms with Crippen molar-refractivity contribution in [1.82, 2.24) is 39.9 Å². The SMILES string of the molecule is Cc1c[c-]nc(C)c1.Cc1c[c-]nc(C)n1.Cc1c[c-]nc(C)n1.Cc1n[c-]nc(C)n1.[Y].[Y].[Y].[Y]. The Labute approximate surface area is 316 Å². The molecule has 180 valence electrons. The second-order valence-electron chi connectivity index (χ2n) is 6.82. The summed E-state index contributed by atoms with van der Waals surface area (Å²) in [6.45, 7) is 15.2. The van der Waals surface area contributed by atoms with Crippen LogP contribution < -0.4 is 0 Å². The van der Waals surface area contributed by atoms with Gasteiger partial charge < -0.3 is 39.9 Å². The summed E-state index contributed by atoms with van der Waals surface area (Å²) < 4.78 is 0. The van der Waals surface area contributed by atoms with E-state index in [1.807, 2.05) is 67.5 Å². The van der Waals surface area contributed by atoms with Crippen LogP contribution in [-0.4, -0.2) is 39.9 Å². The molecule has 0 bridgehead atoms. The Morgan fingerprint density at radius 1 is 0.444 bits per heavy atom. The van der Waals surface area contributed by atoms with Crippen LogP contribution >= 0.6 is 0 Å². The van der Waals surface area contributed by atoms with Gasteiger partial charge in [-0.1, -0.05) is 91.1 Å². The van der Waals surface area contributed by atoms with E-state index in [2.05, 4.69) is 64.8 Å². The molecule has 0 aliphatic carbocycles. The van der Waals surface area contributed by atoms with Crippen molar-refractivity contribution in [3.63, 3.8) is 0 Å². The average molecular weight is 784 g/mol. The maximum absolute atomic E-state index is 4.03. The molecule has 4 heterocycles. The summed E-state index contributed by atoms with van der Waals surface area (Å²) in [6.07, 6.45) is 10.7. The quantitative estimate of drug-likeness (QED) is 0.250. The molecule has 4 radical (unpaired) electrons. The van der Waals surface area contributed by atoms with Crippen LogP contribution in [0.2, 0.25) is 0 Å². The molecule has 0 aliphatic heterocycles. The van der Waals surface area contributed by atoms with Crippen molar-refractivity contribution in [3.8, 4) is 0 Å². The van der Waals surface area contributed by atoms with Gasteiger partial charge in [0.1, 0.15) is 0 Å². The van der Waals surface area contributed by atoms with E-state index < -0.39 is 0 Å². The Balaban J connectivity index is -0.000000183. The van der Waals surface area contributed by atoms with Crippen molar-refractivity contribution < 1.29 is 131 Å². The second-order valence-corrected chi connectivity index (χ2v) is 6.82. The molecule has 0 saturated heterocycles. The molecule has 0 aromatic carbocycles. The van der Waals surface area contributed by atoms with Crippen LogP contribution in [0.15, 0.2) is 24.3 Å². The molecular formula is C24H28N8Y4-4. The van der Waals surface area contributed by atoms with Crippen LogP contribution in [0.5, 0.6) is 0 Å². The average Bonchev–Trinajstić information content (AvgIpc) is 2.69. The molecule has 4 aromatic rings. The normalized spacial score (nSPS) is 8.22. The molecule has 4 rings (SSSR count). The summed E-state index contributed by atoms with van der Waals surface area (Å²) in [6, 6.07) is 7.41. The van der Waals surface area contributed by atoms with E-state index in [0.29, 0.717) is 0 Å². The number of aromatic nitrogens is 8. The summed E-state index contributed by atoms with van der Waals surface area (Å²) in [5.74, 6) is 3.00. The van der Waals surface area contributed by atoms with Gasteiger partial charge in [-0.15, -0.1) is 18.2 Å². The molecule has 8 nitrogen and oxygen atoms in total. The third-order valence-corrected chi connectivity index (χ3v) is 3.39. The van der Waals surface area contributed by atoms with Crippen molar-refractivity contribution in [2.45, 2.75) is 55.4 Å². The molecule has 0 spiro atoms. The second kappa shape index (κ2) is 26.0. The van der Waals surface area contributed by atoms with Gasteiger partial charge in [-0.3, -0.25) is 0 Å². The summed E-state index contributed by atoms with van der Waals surface area (Å²) in [4.78, 5) is 30.9. The Kier molecular flexibility index (Phi) is 31.6. The first-order valence-corrected chi connectivity index (χ1v) is 9.89. The number of rotatable bonds is 0. The zero-order valence-corrected chi connectivity index (χ0v) is 33.5. The van der Waals surface area contributed by atoms with Gasteiger partial charge in [-0.05, 0) is 0 Å². The van der Waals surface area contributed by atoms with Gasteiger partial charge in [0, 0.05) is 160 Å². The van der Waals surface area contributed by atoms with Gasteiger partial charge in [0.15, 0.2) is 0 Å². The van der Waals surface area contributed by atoms with E-state index >= 15 is 0 Å². The molecule has 0 saturated carbocycles. The molecular weight excluding hydrogens is 756 g/mol. The molecule has 0 fully saturated rings. The molecule has 0 aliphatic rings. The van der Waals surface area contributed by atoms with Crippen LogP contribution in [-0.2, 0) is 131 Å². The van der Waals surface area contributed by atoms with Gasteiger partial charge in [0.2, 0.25) is 0 Å². The minimum absolute atomic E-state index is 0. The molecule has 4 aromatic heterocycles. The molecule has 12 heteroatoms. The van der Waals surface area contributed by atoms with E-state index in [1.54, 1.807) is 12.1 Å². The largest absolute Gasteiger partial charge is 0.391 e. The summed E-state index contributed by atoms with van der Waals surface area (Å²) in [7, 11) is 0. The smallest absolute Gasteiger partial charge is 0.0247 e. The fraction of sp³-hybridized carbons (Fsp3) is 0.333. The van der Waals surface area contributed by atoms with Gasteiger partial charge in [-0.25, -0.2) is 0 Å². The van der Waals surface area contributed by atoms with E-state index in [4.69, 9.17) is 0 Å². The Morgan fingerprint density at radius 3 is 1.06 bits per heavy atom. The first-order chi connectivity index (χ1) is 15.2. The van der Waals surface area contributed by atoms with Gasteiger partial charge in [0.05, 0.1) is 0 Å². The van der Waals surface area contributed by atoms with Crippen molar-refractivity contribution in [1.29, 1.82) is 0 Å². The summed E-state index contributed by atoms with van der Waals surface area (Å²) in [5.41, 5.74) is 4.19. The Hall–Kier alpha value is 0.736. The summed E-state index contributed by atoms with van der Waals surface area (Å²) in [5, 5.41) is 0. The predicted octanol–water partition coefficient (Wildman–Crippen LogP) is 3.56. The number of nitrogens with zero attached hydrogens (tertiary/aromatic N) is 8. The summed E-state index contributed by atoms with van der Waals surface area (Å²) >= 11 is 0. The predicted molar refractivity (Wildman–Crippen MR) is 121 cm³/mol. The standard InChI is InChI=1S/C7H8N.2C6H7N2.C5H6N3.4Y/c1-6-3-4-8-7(2)5-6;2*1-5-3-4-7-6(2)8-5;1-4-6-3-7-5(2)8-4;;;;/h3,5H,1-2H3;2*3H,1-2H3;1-2H3;;;;/q4*-1;;;;. The van der Waals surface area contributed by atoms with Crippen molar-refractivity contribution in [2.24, 2.45) is 0 Å². The third kappa shape index (κ3) is 23.8. The van der Waals surface area contributed by atoms with E-state index in [-0.39, 0.29) is 131 Å². The maximum Gasteiger partial charge on any atom is 0.0247 e. The zero-order valence-electron chi connectivity index (χ0n) is 22.2. The number of aryl methyl sites for hydroxylation is 8. The first kappa shape index (κ1) is 43.8. The minimum Gasteiger partial charge on any atom is -0.391 e. The molecule has 0 amide bonds. The van der Waals surface area contributed by atoms with Crippen molar-refractivity contribution >= 4 is 0 Å². The topological polar surface area (TPSA) is 103 Å².